The summed E-state index contributed by atoms with van der Waals surface area (Å²) in [5, 5.41) is 8.48. The molecular weight excluding hydrogens is 168 g/mol. The first-order valence-corrected chi connectivity index (χ1v) is 4.52. The van der Waals surface area contributed by atoms with Crippen molar-refractivity contribution in [3.05, 3.63) is 11.6 Å². The van der Waals surface area contributed by atoms with Crippen LogP contribution in [0.25, 0.3) is 0 Å². The molecule has 0 aliphatic rings. The first-order valence-electron chi connectivity index (χ1n) is 4.52. The van der Waals surface area contributed by atoms with Crippen LogP contribution in [0, 0.1) is 0 Å². The summed E-state index contributed by atoms with van der Waals surface area (Å²) in [5.41, 5.74) is 0.112. The van der Waals surface area contributed by atoms with E-state index in [1.165, 1.54) is 13.0 Å². The summed E-state index contributed by atoms with van der Waals surface area (Å²) in [7, 11) is 0. The molecule has 0 aromatic carbocycles. The molecule has 0 amide bonds. The molecule has 0 spiro atoms. The lowest BCUT2D eigenvalue weighted by Crippen LogP contribution is -2.01. The van der Waals surface area contributed by atoms with Crippen LogP contribution in [0.4, 0.5) is 0 Å². The van der Waals surface area contributed by atoms with E-state index >= 15 is 0 Å². The Balaban J connectivity index is 3.86. The zero-order valence-corrected chi connectivity index (χ0v) is 8.17. The van der Waals surface area contributed by atoms with Crippen molar-refractivity contribution in [1.29, 1.82) is 0 Å². The molecule has 0 aliphatic heterocycles. The summed E-state index contributed by atoms with van der Waals surface area (Å²) >= 11 is 0. The van der Waals surface area contributed by atoms with E-state index in [2.05, 4.69) is 6.92 Å². The summed E-state index contributed by atoms with van der Waals surface area (Å²) in [6.07, 6.45) is 4.59. The number of hydrogen-bond acceptors (Lipinski definition) is 2. The normalized spacial score (nSPS) is 11.4. The van der Waals surface area contributed by atoms with Gasteiger partial charge in [0.2, 0.25) is 0 Å². The number of carbonyl (C=O) groups is 2. The highest BCUT2D eigenvalue weighted by atomic mass is 16.4. The summed E-state index contributed by atoms with van der Waals surface area (Å²) in [5.74, 6) is -1.11. The van der Waals surface area contributed by atoms with Gasteiger partial charge in [0.05, 0.1) is 0 Å². The number of hydrogen-bond donors (Lipinski definition) is 1. The molecule has 0 radical (unpaired) electrons. The molecule has 3 heteroatoms. The van der Waals surface area contributed by atoms with Crippen LogP contribution >= 0.6 is 0 Å². The molecule has 3 nitrogen and oxygen atoms in total. The lowest BCUT2D eigenvalue weighted by atomic mass is 10.1. The van der Waals surface area contributed by atoms with Crippen LogP contribution in [-0.2, 0) is 9.59 Å². The van der Waals surface area contributed by atoms with E-state index in [0.717, 1.165) is 19.3 Å². The maximum Gasteiger partial charge on any atom is 0.331 e. The molecule has 0 saturated heterocycles. The van der Waals surface area contributed by atoms with Crippen molar-refractivity contribution in [2.75, 3.05) is 0 Å². The van der Waals surface area contributed by atoms with E-state index in [1.807, 2.05) is 0 Å². The summed E-state index contributed by atoms with van der Waals surface area (Å²) in [4.78, 5) is 21.4. The van der Waals surface area contributed by atoms with E-state index < -0.39 is 5.97 Å². The van der Waals surface area contributed by atoms with Crippen LogP contribution in [0.1, 0.15) is 39.5 Å². The first-order chi connectivity index (χ1) is 6.07. The van der Waals surface area contributed by atoms with Crippen LogP contribution in [0.2, 0.25) is 0 Å². The fourth-order valence-electron chi connectivity index (χ4n) is 0.925. The highest BCUT2D eigenvalue weighted by molar-refractivity contribution is 5.98. The second-order valence-corrected chi connectivity index (χ2v) is 3.06. The number of aliphatic carboxylic acids is 1. The van der Waals surface area contributed by atoms with Gasteiger partial charge in [0.15, 0.2) is 5.78 Å². The highest BCUT2D eigenvalue weighted by Crippen LogP contribution is 2.02. The predicted molar refractivity (Wildman–Crippen MR) is 50.5 cm³/mol. The smallest absolute Gasteiger partial charge is 0.331 e. The van der Waals surface area contributed by atoms with Gasteiger partial charge in [0.25, 0.3) is 0 Å². The van der Waals surface area contributed by atoms with E-state index in [-0.39, 0.29) is 11.4 Å². The van der Waals surface area contributed by atoms with Gasteiger partial charge >= 0.3 is 5.97 Å². The number of carboxylic acid groups (broad SMARTS) is 1. The number of allylic oxidation sites excluding steroid dienone is 1. The third kappa shape index (κ3) is 6.08. The van der Waals surface area contributed by atoms with Gasteiger partial charge in [-0.2, -0.15) is 0 Å². The molecular formula is C10H16O3. The number of carbonyl (C=O) groups excluding carboxylic acids is 1. The molecule has 13 heavy (non-hydrogen) atoms. The van der Waals surface area contributed by atoms with Gasteiger partial charge in [0.1, 0.15) is 0 Å². The van der Waals surface area contributed by atoms with Gasteiger partial charge < -0.3 is 5.11 Å². The Bertz CT molecular complexity index is 216. The van der Waals surface area contributed by atoms with Gasteiger partial charge in [0, 0.05) is 12.0 Å². The van der Waals surface area contributed by atoms with Crippen LogP contribution in [-0.4, -0.2) is 16.9 Å². The third-order valence-corrected chi connectivity index (χ3v) is 1.74. The van der Waals surface area contributed by atoms with Crippen LogP contribution in [0.5, 0.6) is 0 Å². The van der Waals surface area contributed by atoms with Crippen molar-refractivity contribution in [3.8, 4) is 0 Å². The Morgan fingerprint density at radius 3 is 2.38 bits per heavy atom. The molecule has 0 aliphatic carbocycles. The van der Waals surface area contributed by atoms with Gasteiger partial charge in [-0.1, -0.05) is 19.8 Å². The Morgan fingerprint density at radius 1 is 1.31 bits per heavy atom. The molecule has 0 unspecified atom stereocenters. The minimum Gasteiger partial charge on any atom is -0.478 e. The van der Waals surface area contributed by atoms with E-state index in [9.17, 15) is 9.59 Å². The van der Waals surface area contributed by atoms with Crippen molar-refractivity contribution < 1.29 is 14.7 Å². The molecule has 0 rings (SSSR count). The van der Waals surface area contributed by atoms with Gasteiger partial charge in [-0.15, -0.1) is 0 Å². The maximum atomic E-state index is 11.1. The van der Waals surface area contributed by atoms with Crippen molar-refractivity contribution in [3.63, 3.8) is 0 Å². The number of carboxylic acids is 1. The highest BCUT2D eigenvalue weighted by Gasteiger charge is 2.03. The van der Waals surface area contributed by atoms with Crippen molar-refractivity contribution >= 4 is 11.8 Å². The Kier molecular flexibility index (Phi) is 5.85. The summed E-state index contributed by atoms with van der Waals surface area (Å²) in [6, 6.07) is 0. The molecule has 0 heterocycles. The Hall–Kier alpha value is -1.12. The largest absolute Gasteiger partial charge is 0.478 e. The minimum atomic E-state index is -1.02. The first kappa shape index (κ1) is 11.9. The van der Waals surface area contributed by atoms with Crippen molar-refractivity contribution in [1.82, 2.24) is 0 Å². The third-order valence-electron chi connectivity index (χ3n) is 1.74. The molecule has 0 atom stereocenters. The van der Waals surface area contributed by atoms with Gasteiger partial charge in [-0.05, 0) is 19.4 Å². The molecule has 1 N–H and O–H groups in total. The monoisotopic (exact) mass is 184 g/mol. The second kappa shape index (κ2) is 6.40. The van der Waals surface area contributed by atoms with E-state index in [4.69, 9.17) is 5.11 Å². The molecule has 0 aromatic heterocycles. The predicted octanol–water partition coefficient (Wildman–Crippen LogP) is 2.17. The van der Waals surface area contributed by atoms with Gasteiger partial charge in [-0.3, -0.25) is 4.79 Å². The fraction of sp³-hybridized carbons (Fsp3) is 0.600. The SMILES string of the molecule is CCCCCC(=O)C=C(C)C(=O)O. The Labute approximate surface area is 78.5 Å². The number of ketones is 1. The number of rotatable bonds is 6. The summed E-state index contributed by atoms with van der Waals surface area (Å²) < 4.78 is 0. The van der Waals surface area contributed by atoms with Crippen molar-refractivity contribution in [2.45, 2.75) is 39.5 Å². The zero-order valence-electron chi connectivity index (χ0n) is 8.17. The molecule has 0 aromatic rings. The van der Waals surface area contributed by atoms with Crippen molar-refractivity contribution in [2.24, 2.45) is 0 Å². The lowest BCUT2D eigenvalue weighted by molar-refractivity contribution is -0.132. The zero-order chi connectivity index (χ0) is 10.3. The quantitative estimate of drug-likeness (QED) is 0.508. The average molecular weight is 184 g/mol. The van der Waals surface area contributed by atoms with Crippen LogP contribution in [0.3, 0.4) is 0 Å². The van der Waals surface area contributed by atoms with E-state index in [1.54, 1.807) is 0 Å². The standard InChI is InChI=1S/C10H16O3/c1-3-4-5-6-9(11)7-8(2)10(12)13/h7H,3-6H2,1-2H3,(H,12,13). The summed E-state index contributed by atoms with van der Waals surface area (Å²) in [6.45, 7) is 3.49. The molecule has 0 bridgehead atoms. The van der Waals surface area contributed by atoms with E-state index in [0.29, 0.717) is 6.42 Å². The lowest BCUT2D eigenvalue weighted by Gasteiger charge is -1.95. The molecule has 0 fully saturated rings. The maximum absolute atomic E-state index is 11.1. The number of unbranched alkanes of at least 4 members (excludes halogenated alkanes) is 2. The van der Waals surface area contributed by atoms with Gasteiger partial charge in [-0.25, -0.2) is 4.79 Å². The Morgan fingerprint density at radius 2 is 1.92 bits per heavy atom. The molecule has 0 saturated carbocycles. The fourth-order valence-corrected chi connectivity index (χ4v) is 0.925. The second-order valence-electron chi connectivity index (χ2n) is 3.06. The topological polar surface area (TPSA) is 54.4 Å². The van der Waals surface area contributed by atoms with Crippen LogP contribution < -0.4 is 0 Å². The average Bonchev–Trinajstić information content (AvgIpc) is 2.04. The minimum absolute atomic E-state index is 0.0895. The molecule has 74 valence electrons. The van der Waals surface area contributed by atoms with Crippen LogP contribution in [0.15, 0.2) is 11.6 Å².